The fourth-order valence-corrected chi connectivity index (χ4v) is 3.49. The molecule has 1 N–H and O–H groups in total. The van der Waals surface area contributed by atoms with Gasteiger partial charge >= 0.3 is 0 Å². The first-order chi connectivity index (χ1) is 12.2. The van der Waals surface area contributed by atoms with Crippen molar-refractivity contribution in [1.82, 2.24) is 19.4 Å². The standard InChI is InChI=1S/C19H24N4O2/c1-14(12-22-5-7-25-8-6-22)23-13-20-11-19(23)18-10-15-9-16(24-2)3-4-17(15)21-18/h3-4,9-11,13-14,21H,5-8,12H2,1-2H3. The van der Waals surface area contributed by atoms with Gasteiger partial charge in [0.2, 0.25) is 0 Å². The number of nitrogens with zero attached hydrogens (tertiary/aromatic N) is 3. The second kappa shape index (κ2) is 6.90. The van der Waals surface area contributed by atoms with Crippen molar-refractivity contribution in [1.29, 1.82) is 0 Å². The number of ether oxygens (including phenoxy) is 2. The monoisotopic (exact) mass is 340 g/mol. The molecule has 132 valence electrons. The first-order valence-electron chi connectivity index (χ1n) is 8.73. The highest BCUT2D eigenvalue weighted by atomic mass is 16.5. The number of H-pyrrole nitrogens is 1. The largest absolute Gasteiger partial charge is 0.497 e. The van der Waals surface area contributed by atoms with Crippen LogP contribution in [0, 0.1) is 0 Å². The molecule has 0 bridgehead atoms. The fraction of sp³-hybridized carbons (Fsp3) is 0.421. The van der Waals surface area contributed by atoms with Crippen molar-refractivity contribution in [3.8, 4) is 17.1 Å². The second-order valence-electron chi connectivity index (χ2n) is 6.58. The van der Waals surface area contributed by atoms with E-state index in [0.29, 0.717) is 6.04 Å². The summed E-state index contributed by atoms with van der Waals surface area (Å²) in [6.07, 6.45) is 3.85. The maximum atomic E-state index is 5.44. The molecule has 1 atom stereocenters. The third-order valence-corrected chi connectivity index (χ3v) is 4.87. The number of aromatic nitrogens is 3. The SMILES string of the molecule is COc1ccc2[nH]c(-c3cncn3C(C)CN3CCOCC3)cc2c1. The Morgan fingerprint density at radius 2 is 2.12 bits per heavy atom. The van der Waals surface area contributed by atoms with Gasteiger partial charge in [-0.1, -0.05) is 0 Å². The minimum atomic E-state index is 0.344. The highest BCUT2D eigenvalue weighted by molar-refractivity contribution is 5.86. The first kappa shape index (κ1) is 16.2. The van der Waals surface area contributed by atoms with Crippen molar-refractivity contribution < 1.29 is 9.47 Å². The smallest absolute Gasteiger partial charge is 0.119 e. The molecule has 1 aliphatic heterocycles. The number of hydrogen-bond donors (Lipinski definition) is 1. The summed E-state index contributed by atoms with van der Waals surface area (Å²) in [6, 6.07) is 8.58. The van der Waals surface area contributed by atoms with E-state index in [4.69, 9.17) is 9.47 Å². The Bertz CT molecular complexity index is 848. The molecular weight excluding hydrogens is 316 g/mol. The van der Waals surface area contributed by atoms with Gasteiger partial charge in [0.1, 0.15) is 5.75 Å². The molecule has 1 aliphatic rings. The van der Waals surface area contributed by atoms with Crippen LogP contribution in [-0.4, -0.2) is 59.4 Å². The normalized spacial score (nSPS) is 17.0. The van der Waals surface area contributed by atoms with Crippen LogP contribution in [0.3, 0.4) is 0 Å². The van der Waals surface area contributed by atoms with E-state index in [-0.39, 0.29) is 0 Å². The number of nitrogens with one attached hydrogen (secondary N) is 1. The van der Waals surface area contributed by atoms with E-state index in [2.05, 4.69) is 38.5 Å². The number of benzene rings is 1. The molecule has 0 spiro atoms. The second-order valence-corrected chi connectivity index (χ2v) is 6.58. The predicted molar refractivity (Wildman–Crippen MR) is 98.0 cm³/mol. The van der Waals surface area contributed by atoms with Gasteiger partial charge in [-0.25, -0.2) is 4.98 Å². The lowest BCUT2D eigenvalue weighted by Gasteiger charge is -2.30. The summed E-state index contributed by atoms with van der Waals surface area (Å²) >= 11 is 0. The number of methoxy groups -OCH3 is 1. The van der Waals surface area contributed by atoms with Gasteiger partial charge in [-0.05, 0) is 31.2 Å². The zero-order chi connectivity index (χ0) is 17.2. The zero-order valence-electron chi connectivity index (χ0n) is 14.7. The molecule has 25 heavy (non-hydrogen) atoms. The Balaban J connectivity index is 1.60. The summed E-state index contributed by atoms with van der Waals surface area (Å²) < 4.78 is 13.0. The number of rotatable bonds is 5. The Morgan fingerprint density at radius 3 is 2.92 bits per heavy atom. The van der Waals surface area contributed by atoms with Gasteiger partial charge in [0, 0.05) is 36.6 Å². The molecule has 0 amide bonds. The molecule has 1 fully saturated rings. The summed E-state index contributed by atoms with van der Waals surface area (Å²) in [7, 11) is 1.69. The third kappa shape index (κ3) is 3.27. The molecular formula is C19H24N4O2. The predicted octanol–water partition coefficient (Wildman–Crippen LogP) is 2.93. The van der Waals surface area contributed by atoms with Crippen molar-refractivity contribution in [3.63, 3.8) is 0 Å². The van der Waals surface area contributed by atoms with E-state index >= 15 is 0 Å². The van der Waals surface area contributed by atoms with E-state index in [9.17, 15) is 0 Å². The number of fused-ring (bicyclic) bond motifs is 1. The summed E-state index contributed by atoms with van der Waals surface area (Å²) in [5.41, 5.74) is 3.29. The molecule has 1 saturated heterocycles. The van der Waals surface area contributed by atoms with E-state index in [1.807, 2.05) is 24.7 Å². The van der Waals surface area contributed by atoms with Crippen molar-refractivity contribution in [2.75, 3.05) is 40.0 Å². The van der Waals surface area contributed by atoms with E-state index in [1.54, 1.807) is 7.11 Å². The van der Waals surface area contributed by atoms with E-state index < -0.39 is 0 Å². The van der Waals surface area contributed by atoms with E-state index in [1.165, 1.54) is 0 Å². The molecule has 6 heteroatoms. The van der Waals surface area contributed by atoms with Gasteiger partial charge in [-0.3, -0.25) is 4.90 Å². The van der Waals surface area contributed by atoms with Crippen LogP contribution < -0.4 is 4.74 Å². The lowest BCUT2D eigenvalue weighted by Crippen LogP contribution is -2.39. The van der Waals surface area contributed by atoms with Gasteiger partial charge in [-0.15, -0.1) is 0 Å². The Morgan fingerprint density at radius 1 is 1.28 bits per heavy atom. The lowest BCUT2D eigenvalue weighted by atomic mass is 10.2. The Kier molecular flexibility index (Phi) is 4.46. The van der Waals surface area contributed by atoms with Crippen LogP contribution in [0.4, 0.5) is 0 Å². The van der Waals surface area contributed by atoms with Crippen LogP contribution >= 0.6 is 0 Å². The maximum Gasteiger partial charge on any atom is 0.119 e. The van der Waals surface area contributed by atoms with Gasteiger partial charge in [0.05, 0.1) is 44.2 Å². The topological polar surface area (TPSA) is 55.3 Å². The minimum Gasteiger partial charge on any atom is -0.497 e. The van der Waals surface area contributed by atoms with Crippen LogP contribution in [0.25, 0.3) is 22.3 Å². The molecule has 3 heterocycles. The Hall–Kier alpha value is -2.31. The summed E-state index contributed by atoms with van der Waals surface area (Å²) in [6.45, 7) is 6.90. The fourth-order valence-electron chi connectivity index (χ4n) is 3.49. The van der Waals surface area contributed by atoms with E-state index in [0.717, 1.165) is 60.9 Å². The molecule has 4 rings (SSSR count). The highest BCUT2D eigenvalue weighted by Gasteiger charge is 2.18. The minimum absolute atomic E-state index is 0.344. The van der Waals surface area contributed by atoms with Crippen LogP contribution in [0.1, 0.15) is 13.0 Å². The van der Waals surface area contributed by atoms with Crippen molar-refractivity contribution in [2.45, 2.75) is 13.0 Å². The maximum absolute atomic E-state index is 5.44. The molecule has 0 aliphatic carbocycles. The van der Waals surface area contributed by atoms with Crippen molar-refractivity contribution in [3.05, 3.63) is 36.8 Å². The summed E-state index contributed by atoms with van der Waals surface area (Å²) in [5, 5.41) is 1.14. The summed E-state index contributed by atoms with van der Waals surface area (Å²) in [4.78, 5) is 10.3. The molecule has 2 aromatic heterocycles. The molecule has 1 aromatic carbocycles. The average molecular weight is 340 g/mol. The molecule has 0 saturated carbocycles. The average Bonchev–Trinajstić information content (AvgIpc) is 3.28. The van der Waals surface area contributed by atoms with Crippen LogP contribution in [0.5, 0.6) is 5.75 Å². The van der Waals surface area contributed by atoms with Gasteiger partial charge in [0.25, 0.3) is 0 Å². The number of imidazole rings is 1. The summed E-state index contributed by atoms with van der Waals surface area (Å²) in [5.74, 6) is 0.868. The number of hydrogen-bond acceptors (Lipinski definition) is 4. The van der Waals surface area contributed by atoms with Crippen LogP contribution in [-0.2, 0) is 4.74 Å². The quantitative estimate of drug-likeness (QED) is 0.776. The van der Waals surface area contributed by atoms with Gasteiger partial charge in [-0.2, -0.15) is 0 Å². The lowest BCUT2D eigenvalue weighted by molar-refractivity contribution is 0.0326. The number of aromatic amines is 1. The third-order valence-electron chi connectivity index (χ3n) is 4.87. The molecule has 6 nitrogen and oxygen atoms in total. The number of morpholine rings is 1. The highest BCUT2D eigenvalue weighted by Crippen LogP contribution is 2.28. The Labute approximate surface area is 147 Å². The molecule has 3 aromatic rings. The van der Waals surface area contributed by atoms with Gasteiger partial charge < -0.3 is 19.0 Å². The van der Waals surface area contributed by atoms with Gasteiger partial charge in [0.15, 0.2) is 0 Å². The van der Waals surface area contributed by atoms with Crippen LogP contribution in [0.15, 0.2) is 36.8 Å². The van der Waals surface area contributed by atoms with Crippen molar-refractivity contribution >= 4 is 10.9 Å². The first-order valence-corrected chi connectivity index (χ1v) is 8.73. The van der Waals surface area contributed by atoms with Crippen LogP contribution in [0.2, 0.25) is 0 Å². The molecule has 0 radical (unpaired) electrons. The van der Waals surface area contributed by atoms with Crippen molar-refractivity contribution in [2.24, 2.45) is 0 Å². The zero-order valence-corrected chi connectivity index (χ0v) is 14.7. The molecule has 1 unspecified atom stereocenters.